The Labute approximate surface area is 76.1 Å². The normalized spacial score (nSPS) is 8.25. The Hall–Kier alpha value is -0.790. The molecule has 1 amide bonds. The molecule has 0 rings (SSSR count). The molecule has 0 heterocycles. The van der Waals surface area contributed by atoms with Crippen LogP contribution in [0, 0.1) is 0 Å². The van der Waals surface area contributed by atoms with Crippen LogP contribution in [0.3, 0.4) is 0 Å². The third-order valence-electron chi connectivity index (χ3n) is 0.851. The topological polar surface area (TPSA) is 29.1 Å². The van der Waals surface area contributed by atoms with Crippen LogP contribution in [0.15, 0.2) is 11.6 Å². The van der Waals surface area contributed by atoms with Gasteiger partial charge in [-0.3, -0.25) is 4.79 Å². The second-order valence-electron chi connectivity index (χ2n) is 2.88. The molecule has 0 aliphatic heterocycles. The van der Waals surface area contributed by atoms with Gasteiger partial charge in [0.15, 0.2) is 0 Å². The molecule has 2 nitrogen and oxygen atoms in total. The van der Waals surface area contributed by atoms with E-state index in [0.717, 1.165) is 5.57 Å². The highest BCUT2D eigenvalue weighted by Gasteiger charge is 1.96. The molecule has 0 saturated carbocycles. The maximum absolute atomic E-state index is 10.9. The smallest absolute Gasteiger partial charge is 0.244 e. The minimum absolute atomic E-state index is 0.00463. The predicted molar refractivity (Wildman–Crippen MR) is 54.1 cm³/mol. The second kappa shape index (κ2) is 8.31. The lowest BCUT2D eigenvalue weighted by molar-refractivity contribution is -0.117. The molecular formula is C10H21NO. The Morgan fingerprint density at radius 1 is 1.25 bits per heavy atom. The summed E-state index contributed by atoms with van der Waals surface area (Å²) in [7, 11) is 0. The zero-order valence-electron chi connectivity index (χ0n) is 9.06. The molecule has 0 saturated heterocycles. The van der Waals surface area contributed by atoms with E-state index in [4.69, 9.17) is 0 Å². The van der Waals surface area contributed by atoms with Crippen LogP contribution < -0.4 is 5.32 Å². The summed E-state index contributed by atoms with van der Waals surface area (Å²) in [5.41, 5.74) is 1.03. The quantitative estimate of drug-likeness (QED) is 0.635. The SMILES string of the molecule is CC.CC(C)=CC(=O)NC(C)C. The highest BCUT2D eigenvalue weighted by molar-refractivity contribution is 5.88. The van der Waals surface area contributed by atoms with Gasteiger partial charge in [0.05, 0.1) is 0 Å². The summed E-state index contributed by atoms with van der Waals surface area (Å²) in [6, 6.07) is 0.225. The van der Waals surface area contributed by atoms with E-state index in [-0.39, 0.29) is 11.9 Å². The van der Waals surface area contributed by atoms with Crippen molar-refractivity contribution < 1.29 is 4.79 Å². The molecule has 0 aromatic carbocycles. The fourth-order valence-corrected chi connectivity index (χ4v) is 0.588. The summed E-state index contributed by atoms with van der Waals surface area (Å²) in [5, 5.41) is 2.76. The lowest BCUT2D eigenvalue weighted by Gasteiger charge is -2.04. The molecular weight excluding hydrogens is 150 g/mol. The summed E-state index contributed by atoms with van der Waals surface area (Å²) < 4.78 is 0. The van der Waals surface area contributed by atoms with Crippen molar-refractivity contribution in [1.82, 2.24) is 5.32 Å². The van der Waals surface area contributed by atoms with Gasteiger partial charge in [-0.15, -0.1) is 0 Å². The molecule has 0 aliphatic rings. The largest absolute Gasteiger partial charge is 0.350 e. The number of hydrogen-bond acceptors (Lipinski definition) is 1. The molecule has 0 aromatic rings. The zero-order valence-corrected chi connectivity index (χ0v) is 9.06. The first-order chi connectivity index (χ1) is 5.52. The lowest BCUT2D eigenvalue weighted by Crippen LogP contribution is -2.28. The minimum atomic E-state index is -0.00463. The van der Waals surface area contributed by atoms with Crippen molar-refractivity contribution in [2.45, 2.75) is 47.6 Å². The van der Waals surface area contributed by atoms with Crippen LogP contribution in [-0.4, -0.2) is 11.9 Å². The van der Waals surface area contributed by atoms with E-state index < -0.39 is 0 Å². The summed E-state index contributed by atoms with van der Waals surface area (Å²) in [4.78, 5) is 10.9. The van der Waals surface area contributed by atoms with E-state index in [2.05, 4.69) is 5.32 Å². The standard InChI is InChI=1S/C8H15NO.C2H6/c1-6(2)5-8(10)9-7(3)4;1-2/h5,7H,1-4H3,(H,9,10);1-2H3. The first kappa shape index (κ1) is 13.8. The zero-order chi connectivity index (χ0) is 10.1. The summed E-state index contributed by atoms with van der Waals surface area (Å²) in [6.07, 6.45) is 1.60. The molecule has 0 spiro atoms. The average molecular weight is 171 g/mol. The van der Waals surface area contributed by atoms with Gasteiger partial charge in [0.2, 0.25) is 5.91 Å². The third kappa shape index (κ3) is 11.9. The number of carbonyl (C=O) groups excluding carboxylic acids is 1. The fourth-order valence-electron chi connectivity index (χ4n) is 0.588. The molecule has 0 atom stereocenters. The Morgan fingerprint density at radius 2 is 1.67 bits per heavy atom. The van der Waals surface area contributed by atoms with Gasteiger partial charge in [-0.1, -0.05) is 19.4 Å². The average Bonchev–Trinajstić information content (AvgIpc) is 1.87. The van der Waals surface area contributed by atoms with E-state index in [1.165, 1.54) is 0 Å². The number of amides is 1. The van der Waals surface area contributed by atoms with E-state index in [9.17, 15) is 4.79 Å². The van der Waals surface area contributed by atoms with Crippen LogP contribution in [0.1, 0.15) is 41.5 Å². The van der Waals surface area contributed by atoms with Crippen LogP contribution in [0.2, 0.25) is 0 Å². The second-order valence-corrected chi connectivity index (χ2v) is 2.88. The number of nitrogens with one attached hydrogen (secondary N) is 1. The van der Waals surface area contributed by atoms with Gasteiger partial charge in [-0.05, 0) is 27.7 Å². The summed E-state index contributed by atoms with van der Waals surface area (Å²) >= 11 is 0. The van der Waals surface area contributed by atoms with Gasteiger partial charge in [-0.2, -0.15) is 0 Å². The molecule has 0 aliphatic carbocycles. The molecule has 1 N–H and O–H groups in total. The number of rotatable bonds is 2. The molecule has 12 heavy (non-hydrogen) atoms. The third-order valence-corrected chi connectivity index (χ3v) is 0.851. The molecule has 0 fully saturated rings. The Balaban J connectivity index is 0. The van der Waals surface area contributed by atoms with Crippen molar-refractivity contribution in [2.24, 2.45) is 0 Å². The molecule has 72 valence electrons. The maximum Gasteiger partial charge on any atom is 0.244 e. The lowest BCUT2D eigenvalue weighted by atomic mass is 10.3. The molecule has 0 radical (unpaired) electrons. The molecule has 2 heteroatoms. The van der Waals surface area contributed by atoms with Gasteiger partial charge in [0.25, 0.3) is 0 Å². The van der Waals surface area contributed by atoms with Gasteiger partial charge in [-0.25, -0.2) is 0 Å². The van der Waals surface area contributed by atoms with Gasteiger partial charge in [0, 0.05) is 12.1 Å². The minimum Gasteiger partial charge on any atom is -0.350 e. The van der Waals surface area contributed by atoms with Crippen LogP contribution in [0.4, 0.5) is 0 Å². The van der Waals surface area contributed by atoms with Gasteiger partial charge >= 0.3 is 0 Å². The Morgan fingerprint density at radius 3 is 1.92 bits per heavy atom. The van der Waals surface area contributed by atoms with E-state index in [1.54, 1.807) is 6.08 Å². The highest BCUT2D eigenvalue weighted by Crippen LogP contribution is 1.87. The van der Waals surface area contributed by atoms with E-state index >= 15 is 0 Å². The van der Waals surface area contributed by atoms with Crippen LogP contribution in [0.25, 0.3) is 0 Å². The number of allylic oxidation sites excluding steroid dienone is 1. The van der Waals surface area contributed by atoms with E-state index in [0.29, 0.717) is 0 Å². The predicted octanol–water partition coefficient (Wildman–Crippen LogP) is 2.50. The summed E-state index contributed by atoms with van der Waals surface area (Å²) in [6.45, 7) is 11.7. The van der Waals surface area contributed by atoms with Crippen LogP contribution in [0.5, 0.6) is 0 Å². The van der Waals surface area contributed by atoms with Crippen molar-refractivity contribution in [1.29, 1.82) is 0 Å². The first-order valence-electron chi connectivity index (χ1n) is 4.47. The monoisotopic (exact) mass is 171 g/mol. The van der Waals surface area contributed by atoms with E-state index in [1.807, 2.05) is 41.5 Å². The van der Waals surface area contributed by atoms with Crippen molar-refractivity contribution in [2.75, 3.05) is 0 Å². The van der Waals surface area contributed by atoms with Gasteiger partial charge < -0.3 is 5.32 Å². The molecule has 0 unspecified atom stereocenters. The maximum atomic E-state index is 10.9. The highest BCUT2D eigenvalue weighted by atomic mass is 16.1. The molecule has 0 aromatic heterocycles. The van der Waals surface area contributed by atoms with Crippen molar-refractivity contribution in [3.05, 3.63) is 11.6 Å². The first-order valence-corrected chi connectivity index (χ1v) is 4.47. The van der Waals surface area contributed by atoms with Crippen molar-refractivity contribution >= 4 is 5.91 Å². The summed E-state index contributed by atoms with van der Waals surface area (Å²) in [5.74, 6) is -0.00463. The van der Waals surface area contributed by atoms with Gasteiger partial charge in [0.1, 0.15) is 0 Å². The van der Waals surface area contributed by atoms with Crippen molar-refractivity contribution in [3.8, 4) is 0 Å². The number of hydrogen-bond donors (Lipinski definition) is 1. The Bertz CT molecular complexity index is 144. The van der Waals surface area contributed by atoms with Crippen LogP contribution in [-0.2, 0) is 4.79 Å². The Kier molecular flexibility index (Phi) is 9.54. The van der Waals surface area contributed by atoms with Crippen LogP contribution >= 0.6 is 0 Å². The van der Waals surface area contributed by atoms with Crippen molar-refractivity contribution in [3.63, 3.8) is 0 Å². The fraction of sp³-hybridized carbons (Fsp3) is 0.700. The number of carbonyl (C=O) groups is 1. The molecule has 0 bridgehead atoms.